The highest BCUT2D eigenvalue weighted by Crippen LogP contribution is 2.50. The molecule has 3 atom stereocenters. The van der Waals surface area contributed by atoms with Crippen LogP contribution in [0.1, 0.15) is 39.9 Å². The smallest absolute Gasteiger partial charge is 0.257 e. The Balaban J connectivity index is 1.50. The van der Waals surface area contributed by atoms with Gasteiger partial charge in [-0.3, -0.25) is 4.79 Å². The number of aliphatic imine (C=N–C) groups is 1. The van der Waals surface area contributed by atoms with E-state index in [0.717, 1.165) is 10.2 Å². The number of aromatic nitrogens is 1. The molecule has 0 bridgehead atoms. The van der Waals surface area contributed by atoms with Crippen LogP contribution in [0.25, 0.3) is 0 Å². The zero-order valence-electron chi connectivity index (χ0n) is 17.8. The van der Waals surface area contributed by atoms with Crippen LogP contribution in [0.4, 0.5) is 4.39 Å². The average molecular weight is 530 g/mol. The highest BCUT2D eigenvalue weighted by molar-refractivity contribution is 9.10. The van der Waals surface area contributed by atoms with Gasteiger partial charge in [-0.15, -0.1) is 0 Å². The van der Waals surface area contributed by atoms with Crippen LogP contribution in [-0.4, -0.2) is 28.6 Å². The van der Waals surface area contributed by atoms with Gasteiger partial charge in [0.1, 0.15) is 17.5 Å². The van der Waals surface area contributed by atoms with Crippen LogP contribution in [0.3, 0.4) is 0 Å². The molecule has 5 rings (SSSR count). The van der Waals surface area contributed by atoms with Crippen molar-refractivity contribution in [3.8, 4) is 0 Å². The van der Waals surface area contributed by atoms with E-state index in [4.69, 9.17) is 14.3 Å². The molecule has 1 fully saturated rings. The van der Waals surface area contributed by atoms with E-state index < -0.39 is 5.54 Å². The molecule has 0 spiro atoms. The molecule has 6 nitrogen and oxygen atoms in total. The number of carbonyl (C=O) groups excluding carboxylic acids is 1. The maximum Gasteiger partial charge on any atom is 0.257 e. The topological polar surface area (TPSA) is 76.7 Å². The third-order valence-electron chi connectivity index (χ3n) is 6.02. The fraction of sp³-hybridized carbons (Fsp3) is 0.292. The van der Waals surface area contributed by atoms with E-state index in [0.29, 0.717) is 34.2 Å². The van der Waals surface area contributed by atoms with Gasteiger partial charge in [0.2, 0.25) is 0 Å². The Hall–Kier alpha value is -2.49. The highest BCUT2D eigenvalue weighted by Gasteiger charge is 2.50. The summed E-state index contributed by atoms with van der Waals surface area (Å²) in [4.78, 5) is 17.7. The fourth-order valence-corrected chi connectivity index (χ4v) is 5.86. The number of ether oxygens (including phenoxy) is 1. The molecule has 1 N–H and O–H groups in total. The van der Waals surface area contributed by atoms with Gasteiger partial charge in [-0.05, 0) is 43.7 Å². The number of carbonyl (C=O) groups is 1. The summed E-state index contributed by atoms with van der Waals surface area (Å²) in [6.07, 6.45) is 0.313. The third-order valence-corrected chi connectivity index (χ3v) is 7.54. The molecule has 2 aliphatic rings. The van der Waals surface area contributed by atoms with Crippen molar-refractivity contribution in [2.24, 2.45) is 10.9 Å². The lowest BCUT2D eigenvalue weighted by Gasteiger charge is -2.46. The zero-order chi connectivity index (χ0) is 23.0. The maximum absolute atomic E-state index is 15.1. The summed E-state index contributed by atoms with van der Waals surface area (Å²) in [6, 6.07) is 15.6. The number of amidine groups is 1. The van der Waals surface area contributed by atoms with E-state index in [1.165, 1.54) is 17.8 Å². The molecule has 0 saturated carbocycles. The van der Waals surface area contributed by atoms with Crippen LogP contribution in [-0.2, 0) is 10.3 Å². The number of benzene rings is 2. The van der Waals surface area contributed by atoms with Crippen LogP contribution < -0.4 is 5.32 Å². The van der Waals surface area contributed by atoms with Gasteiger partial charge < -0.3 is 14.6 Å². The predicted octanol–water partition coefficient (Wildman–Crippen LogP) is 5.39. The van der Waals surface area contributed by atoms with Crippen molar-refractivity contribution < 1.29 is 18.4 Å². The van der Waals surface area contributed by atoms with Crippen molar-refractivity contribution in [2.45, 2.75) is 25.0 Å². The van der Waals surface area contributed by atoms with E-state index in [1.54, 1.807) is 36.4 Å². The van der Waals surface area contributed by atoms with Crippen molar-refractivity contribution in [3.05, 3.63) is 87.5 Å². The molecule has 0 radical (unpaired) electrons. The molecule has 1 saturated heterocycles. The third kappa shape index (κ3) is 4.37. The van der Waals surface area contributed by atoms with Crippen molar-refractivity contribution in [3.63, 3.8) is 0 Å². The summed E-state index contributed by atoms with van der Waals surface area (Å²) in [5, 5.41) is 7.32. The molecule has 3 aromatic rings. The van der Waals surface area contributed by atoms with E-state index in [-0.39, 0.29) is 30.4 Å². The Labute approximate surface area is 203 Å². The highest BCUT2D eigenvalue weighted by atomic mass is 79.9. The Kier molecular flexibility index (Phi) is 6.11. The predicted molar refractivity (Wildman–Crippen MR) is 128 cm³/mol. The number of halogens is 2. The molecular weight excluding hydrogens is 509 g/mol. The Bertz CT molecular complexity index is 1220. The minimum absolute atomic E-state index is 0.0344. The van der Waals surface area contributed by atoms with Crippen LogP contribution in [0.2, 0.25) is 0 Å². The normalized spacial score (nSPS) is 24.6. The summed E-state index contributed by atoms with van der Waals surface area (Å²) in [5.41, 5.74) is 0.793. The van der Waals surface area contributed by atoms with Gasteiger partial charge in [0.25, 0.3) is 5.91 Å². The van der Waals surface area contributed by atoms with Gasteiger partial charge in [0.05, 0.1) is 12.3 Å². The lowest BCUT2D eigenvalue weighted by Crippen LogP contribution is -2.49. The SMILES string of the molecule is Cc1cc(C2CC3CSC(NC(=O)c4ccccc4)=NC3(c3cc(Br)ccc3F)CO2)on1. The Morgan fingerprint density at radius 3 is 2.82 bits per heavy atom. The Morgan fingerprint density at radius 1 is 1.24 bits per heavy atom. The number of nitrogens with one attached hydrogen (secondary N) is 1. The van der Waals surface area contributed by atoms with Gasteiger partial charge >= 0.3 is 0 Å². The summed E-state index contributed by atoms with van der Waals surface area (Å²) in [5.74, 6) is 0.662. The summed E-state index contributed by atoms with van der Waals surface area (Å²) in [7, 11) is 0. The largest absolute Gasteiger partial charge is 0.367 e. The maximum atomic E-state index is 15.1. The van der Waals surface area contributed by atoms with Gasteiger partial charge in [-0.1, -0.05) is 51.0 Å². The fourth-order valence-electron chi connectivity index (χ4n) is 4.33. The van der Waals surface area contributed by atoms with Crippen LogP contribution >= 0.6 is 27.7 Å². The van der Waals surface area contributed by atoms with E-state index in [2.05, 4.69) is 26.4 Å². The lowest BCUT2D eigenvalue weighted by molar-refractivity contribution is -0.0693. The molecule has 1 amide bonds. The summed E-state index contributed by atoms with van der Waals surface area (Å²) in [6.45, 7) is 2.01. The molecular formula is C24H21BrFN3O3S. The number of nitrogens with zero attached hydrogens (tertiary/aromatic N) is 2. The van der Waals surface area contributed by atoms with E-state index >= 15 is 4.39 Å². The molecule has 3 unspecified atom stereocenters. The minimum Gasteiger partial charge on any atom is -0.367 e. The second-order valence-corrected chi connectivity index (χ2v) is 10.1. The zero-order valence-corrected chi connectivity index (χ0v) is 20.2. The van der Waals surface area contributed by atoms with Crippen LogP contribution in [0.5, 0.6) is 0 Å². The Morgan fingerprint density at radius 2 is 2.06 bits per heavy atom. The first-order valence-electron chi connectivity index (χ1n) is 10.5. The molecule has 3 heterocycles. The second-order valence-electron chi connectivity index (χ2n) is 8.20. The van der Waals surface area contributed by atoms with Gasteiger partial charge in [-0.25, -0.2) is 9.38 Å². The second kappa shape index (κ2) is 9.04. The van der Waals surface area contributed by atoms with Gasteiger partial charge in [0, 0.05) is 33.3 Å². The molecule has 170 valence electrons. The van der Waals surface area contributed by atoms with Gasteiger partial charge in [0.15, 0.2) is 10.9 Å². The number of thioether (sulfide) groups is 1. The summed E-state index contributed by atoms with van der Waals surface area (Å²) >= 11 is 4.92. The monoisotopic (exact) mass is 529 g/mol. The molecule has 1 aromatic heterocycles. The van der Waals surface area contributed by atoms with Crippen molar-refractivity contribution in [1.29, 1.82) is 0 Å². The molecule has 2 aliphatic heterocycles. The number of amides is 1. The standard InChI is InChI=1S/C24H21BrFN3O3S/c1-14-9-21(32-29-14)20-10-16-12-33-23(27-22(30)15-5-3-2-4-6-15)28-24(16,13-31-20)18-11-17(25)7-8-19(18)26/h2-9,11,16,20H,10,12-13H2,1H3,(H,27,28,30). The number of hydrogen-bond acceptors (Lipinski definition) is 6. The molecule has 33 heavy (non-hydrogen) atoms. The average Bonchev–Trinajstić information content (AvgIpc) is 3.27. The minimum atomic E-state index is -0.968. The first kappa shape index (κ1) is 22.3. The first-order chi connectivity index (χ1) is 15.9. The van der Waals surface area contributed by atoms with Crippen molar-refractivity contribution >= 4 is 38.8 Å². The number of hydrogen-bond donors (Lipinski definition) is 1. The molecule has 9 heteroatoms. The number of aryl methyl sites for hydroxylation is 1. The summed E-state index contributed by atoms with van der Waals surface area (Å²) < 4.78 is 27.5. The van der Waals surface area contributed by atoms with E-state index in [1.807, 2.05) is 19.1 Å². The molecule has 0 aliphatic carbocycles. The quantitative estimate of drug-likeness (QED) is 0.492. The van der Waals surface area contributed by atoms with Crippen molar-refractivity contribution in [1.82, 2.24) is 10.5 Å². The van der Waals surface area contributed by atoms with Crippen LogP contribution in [0.15, 0.2) is 68.6 Å². The first-order valence-corrected chi connectivity index (χ1v) is 12.3. The number of fused-ring (bicyclic) bond motifs is 1. The molecule has 2 aromatic carbocycles. The van der Waals surface area contributed by atoms with Gasteiger partial charge in [-0.2, -0.15) is 0 Å². The van der Waals surface area contributed by atoms with Crippen LogP contribution in [0, 0.1) is 18.7 Å². The van der Waals surface area contributed by atoms with Crippen molar-refractivity contribution in [2.75, 3.05) is 12.4 Å². The number of rotatable bonds is 3. The lowest BCUT2D eigenvalue weighted by atomic mass is 9.74. The van der Waals surface area contributed by atoms with E-state index in [9.17, 15) is 4.79 Å².